The Balaban J connectivity index is 1.96. The molecule has 0 fully saturated rings. The highest BCUT2D eigenvalue weighted by Gasteiger charge is 2.11. The second-order valence-electron chi connectivity index (χ2n) is 5.06. The van der Waals surface area contributed by atoms with Crippen molar-refractivity contribution in [1.82, 2.24) is 5.43 Å². The van der Waals surface area contributed by atoms with Crippen LogP contribution in [0.4, 0.5) is 0 Å². The SMILES string of the molecule is CCOc1cc(/C=N\NC(=O)COc2c(Br)cc(Br)cc2Br)cc(Cl)c1O. The van der Waals surface area contributed by atoms with Gasteiger partial charge in [0.05, 0.1) is 26.8 Å². The Bertz CT molecular complexity index is 854. The van der Waals surface area contributed by atoms with E-state index >= 15 is 0 Å². The van der Waals surface area contributed by atoms with Crippen molar-refractivity contribution in [3.05, 3.63) is 48.3 Å². The maximum Gasteiger partial charge on any atom is 0.277 e. The van der Waals surface area contributed by atoms with E-state index in [1.54, 1.807) is 25.1 Å². The van der Waals surface area contributed by atoms with Gasteiger partial charge in [0.15, 0.2) is 18.1 Å². The van der Waals surface area contributed by atoms with Gasteiger partial charge in [0.25, 0.3) is 5.91 Å². The number of hydrogen-bond donors (Lipinski definition) is 2. The number of nitrogens with zero attached hydrogens (tertiary/aromatic N) is 1. The zero-order valence-corrected chi connectivity index (χ0v) is 19.4. The Morgan fingerprint density at radius 2 is 1.89 bits per heavy atom. The van der Waals surface area contributed by atoms with E-state index in [-0.39, 0.29) is 23.1 Å². The number of benzene rings is 2. The van der Waals surface area contributed by atoms with Crippen LogP contribution in [0.3, 0.4) is 0 Å². The fourth-order valence-electron chi connectivity index (χ4n) is 1.95. The summed E-state index contributed by atoms with van der Waals surface area (Å²) >= 11 is 16.0. The van der Waals surface area contributed by atoms with Crippen molar-refractivity contribution in [2.45, 2.75) is 6.92 Å². The number of nitrogens with one attached hydrogen (secondary N) is 1. The number of carbonyl (C=O) groups excluding carboxylic acids is 1. The Labute approximate surface area is 186 Å². The van der Waals surface area contributed by atoms with Gasteiger partial charge in [-0.2, -0.15) is 5.10 Å². The van der Waals surface area contributed by atoms with Gasteiger partial charge in [-0.15, -0.1) is 0 Å². The van der Waals surface area contributed by atoms with Crippen LogP contribution >= 0.6 is 59.4 Å². The third kappa shape index (κ3) is 6.38. The molecule has 1 amide bonds. The Hall–Kier alpha value is -1.29. The minimum absolute atomic E-state index is 0.127. The Morgan fingerprint density at radius 3 is 2.52 bits per heavy atom. The van der Waals surface area contributed by atoms with Crippen LogP contribution in [0.25, 0.3) is 0 Å². The molecule has 6 nitrogen and oxygen atoms in total. The van der Waals surface area contributed by atoms with Crippen LogP contribution in [0.1, 0.15) is 12.5 Å². The summed E-state index contributed by atoms with van der Waals surface area (Å²) < 4.78 is 13.0. The van der Waals surface area contributed by atoms with Gasteiger partial charge < -0.3 is 14.6 Å². The first kappa shape index (κ1) is 22.0. The van der Waals surface area contributed by atoms with Gasteiger partial charge in [0.2, 0.25) is 0 Å². The lowest BCUT2D eigenvalue weighted by atomic mass is 10.2. The minimum Gasteiger partial charge on any atom is -0.503 e. The number of phenolic OH excluding ortho intramolecular Hbond substituents is 1. The first-order chi connectivity index (χ1) is 12.8. The summed E-state index contributed by atoms with van der Waals surface area (Å²) in [6, 6.07) is 6.68. The molecule has 0 saturated carbocycles. The van der Waals surface area contributed by atoms with Gasteiger partial charge in [-0.1, -0.05) is 27.5 Å². The number of phenols is 1. The number of carbonyl (C=O) groups is 1. The molecule has 0 aliphatic heterocycles. The van der Waals surface area contributed by atoms with Crippen LogP contribution in [0.15, 0.2) is 42.8 Å². The van der Waals surface area contributed by atoms with E-state index in [1.807, 2.05) is 0 Å². The fourth-order valence-corrected chi connectivity index (χ4v) is 4.66. The molecule has 2 rings (SSSR count). The van der Waals surface area contributed by atoms with E-state index in [4.69, 9.17) is 21.1 Å². The average molecular weight is 585 g/mol. The van der Waals surface area contributed by atoms with E-state index in [1.165, 1.54) is 12.3 Å². The molecule has 0 heterocycles. The second-order valence-corrected chi connectivity index (χ2v) is 8.09. The summed E-state index contributed by atoms with van der Waals surface area (Å²) in [6.07, 6.45) is 1.39. The molecular formula is C17H14Br3ClN2O4. The monoisotopic (exact) mass is 582 g/mol. The van der Waals surface area contributed by atoms with Gasteiger partial charge >= 0.3 is 0 Å². The molecule has 2 aromatic rings. The number of rotatable bonds is 7. The van der Waals surface area contributed by atoms with Gasteiger partial charge in [0.1, 0.15) is 5.75 Å². The Morgan fingerprint density at radius 1 is 1.22 bits per heavy atom. The standard InChI is InChI=1S/C17H14Br3ClN2O4/c1-2-26-14-4-9(3-13(21)16(14)25)7-22-23-15(24)8-27-17-11(19)5-10(18)6-12(17)20/h3-7,25H,2,8H2,1H3,(H,23,24)/b22-7-. The summed E-state index contributed by atoms with van der Waals surface area (Å²) in [4.78, 5) is 11.9. The lowest BCUT2D eigenvalue weighted by Crippen LogP contribution is -2.24. The van der Waals surface area contributed by atoms with Gasteiger partial charge in [-0.3, -0.25) is 4.79 Å². The molecule has 0 bridgehead atoms. The van der Waals surface area contributed by atoms with Crippen LogP contribution < -0.4 is 14.9 Å². The minimum atomic E-state index is -0.442. The van der Waals surface area contributed by atoms with E-state index in [2.05, 4.69) is 58.3 Å². The number of hydrogen-bond acceptors (Lipinski definition) is 5. The van der Waals surface area contributed by atoms with E-state index in [9.17, 15) is 9.90 Å². The molecule has 0 aromatic heterocycles. The van der Waals surface area contributed by atoms with Crippen molar-refractivity contribution in [2.24, 2.45) is 5.10 Å². The molecular weight excluding hydrogens is 571 g/mol. The van der Waals surface area contributed by atoms with Crippen molar-refractivity contribution < 1.29 is 19.4 Å². The van der Waals surface area contributed by atoms with Crippen LogP contribution in [0.5, 0.6) is 17.2 Å². The Kier molecular flexibility index (Phi) is 8.40. The largest absolute Gasteiger partial charge is 0.503 e. The highest BCUT2D eigenvalue weighted by atomic mass is 79.9. The summed E-state index contributed by atoms with van der Waals surface area (Å²) in [7, 11) is 0. The molecule has 0 spiro atoms. The van der Waals surface area contributed by atoms with Gasteiger partial charge in [0, 0.05) is 4.47 Å². The van der Waals surface area contributed by atoms with Crippen molar-refractivity contribution in [2.75, 3.05) is 13.2 Å². The lowest BCUT2D eigenvalue weighted by Gasteiger charge is -2.10. The molecule has 2 N–H and O–H groups in total. The smallest absolute Gasteiger partial charge is 0.277 e. The normalized spacial score (nSPS) is 10.9. The summed E-state index contributed by atoms with van der Waals surface area (Å²) in [5, 5.41) is 13.8. The highest BCUT2D eigenvalue weighted by molar-refractivity contribution is 9.11. The molecule has 0 aliphatic rings. The van der Waals surface area contributed by atoms with Crippen molar-refractivity contribution in [3.8, 4) is 17.2 Å². The maximum absolute atomic E-state index is 11.9. The zero-order valence-electron chi connectivity index (χ0n) is 13.9. The molecule has 27 heavy (non-hydrogen) atoms. The van der Waals surface area contributed by atoms with Gasteiger partial charge in [-0.05, 0) is 68.6 Å². The summed E-state index contributed by atoms with van der Waals surface area (Å²) in [5.41, 5.74) is 2.91. The first-order valence-corrected chi connectivity index (χ1v) is 10.3. The van der Waals surface area contributed by atoms with Crippen LogP contribution in [-0.2, 0) is 4.79 Å². The molecule has 0 radical (unpaired) electrons. The molecule has 0 unspecified atom stereocenters. The van der Waals surface area contributed by atoms with Crippen molar-refractivity contribution >= 4 is 71.5 Å². The van der Waals surface area contributed by atoms with E-state index in [0.29, 0.717) is 26.9 Å². The number of hydrazone groups is 1. The number of halogens is 4. The van der Waals surface area contributed by atoms with Crippen molar-refractivity contribution in [3.63, 3.8) is 0 Å². The zero-order chi connectivity index (χ0) is 20.0. The van der Waals surface area contributed by atoms with E-state index < -0.39 is 5.91 Å². The number of amides is 1. The lowest BCUT2D eigenvalue weighted by molar-refractivity contribution is -0.123. The van der Waals surface area contributed by atoms with Crippen LogP contribution in [0, 0.1) is 0 Å². The summed E-state index contributed by atoms with van der Waals surface area (Å²) in [6.45, 7) is 1.94. The maximum atomic E-state index is 11.9. The highest BCUT2D eigenvalue weighted by Crippen LogP contribution is 2.36. The van der Waals surface area contributed by atoms with E-state index in [0.717, 1.165) is 4.47 Å². The summed E-state index contributed by atoms with van der Waals surface area (Å²) in [5.74, 6) is 0.164. The molecule has 0 aliphatic carbocycles. The van der Waals surface area contributed by atoms with Gasteiger partial charge in [-0.25, -0.2) is 5.43 Å². The average Bonchev–Trinajstić information content (AvgIpc) is 2.58. The quantitative estimate of drug-likeness (QED) is 0.343. The first-order valence-electron chi connectivity index (χ1n) is 7.56. The number of ether oxygens (including phenoxy) is 2. The third-order valence-corrected chi connectivity index (χ3v) is 4.99. The fraction of sp³-hybridized carbons (Fsp3) is 0.176. The molecule has 10 heteroatoms. The molecule has 0 saturated heterocycles. The second kappa shape index (κ2) is 10.3. The predicted octanol–water partition coefficient (Wildman–Crippen LogP) is 5.26. The third-order valence-electron chi connectivity index (χ3n) is 3.06. The number of aromatic hydroxyl groups is 1. The molecule has 0 atom stereocenters. The van der Waals surface area contributed by atoms with Crippen LogP contribution in [-0.4, -0.2) is 30.4 Å². The molecule has 144 valence electrons. The topological polar surface area (TPSA) is 80.2 Å². The van der Waals surface area contributed by atoms with Crippen LogP contribution in [0.2, 0.25) is 5.02 Å². The van der Waals surface area contributed by atoms with Crippen molar-refractivity contribution in [1.29, 1.82) is 0 Å². The predicted molar refractivity (Wildman–Crippen MR) is 115 cm³/mol. The molecule has 2 aromatic carbocycles.